The molecule has 2 heteroatoms. The van der Waals surface area contributed by atoms with E-state index in [1.807, 2.05) is 11.3 Å². The van der Waals surface area contributed by atoms with Gasteiger partial charge in [-0.1, -0.05) is 20.8 Å². The van der Waals surface area contributed by atoms with Gasteiger partial charge < -0.3 is 0 Å². The minimum Gasteiger partial charge on any atom is -0.174 e. The van der Waals surface area contributed by atoms with Crippen molar-refractivity contribution < 1.29 is 0 Å². The maximum absolute atomic E-state index is 4.23. The van der Waals surface area contributed by atoms with Gasteiger partial charge in [-0.2, -0.15) is 12.6 Å². The Morgan fingerprint density at radius 3 is 2.27 bits per heavy atom. The molecule has 0 amide bonds. The smallest absolute Gasteiger partial charge is 0.0248 e. The molecule has 1 heterocycles. The normalized spacial score (nSPS) is 12.0. The van der Waals surface area contributed by atoms with E-state index in [2.05, 4.69) is 45.5 Å². The van der Waals surface area contributed by atoms with E-state index in [9.17, 15) is 0 Å². The molecule has 62 valence electrons. The number of thiol groups is 1. The van der Waals surface area contributed by atoms with Crippen molar-refractivity contribution in [3.05, 3.63) is 21.9 Å². The minimum atomic E-state index is 0.297. The van der Waals surface area contributed by atoms with Gasteiger partial charge in [0.1, 0.15) is 0 Å². The van der Waals surface area contributed by atoms with Crippen molar-refractivity contribution in [2.75, 3.05) is 0 Å². The van der Waals surface area contributed by atoms with Crippen LogP contribution < -0.4 is 0 Å². The Bertz CT molecular complexity index is 230. The van der Waals surface area contributed by atoms with E-state index < -0.39 is 0 Å². The first-order valence-corrected chi connectivity index (χ1v) is 5.19. The Labute approximate surface area is 78.1 Å². The average Bonchev–Trinajstić information content (AvgIpc) is 2.32. The first-order valence-electron chi connectivity index (χ1n) is 3.74. The second kappa shape index (κ2) is 3.20. The number of hydrogen-bond acceptors (Lipinski definition) is 2. The molecule has 1 rings (SSSR count). The third-order valence-electron chi connectivity index (χ3n) is 1.56. The molecule has 0 aromatic carbocycles. The third kappa shape index (κ3) is 2.24. The highest BCUT2D eigenvalue weighted by Crippen LogP contribution is 2.29. The zero-order valence-corrected chi connectivity index (χ0v) is 8.93. The maximum Gasteiger partial charge on any atom is 0.0248 e. The van der Waals surface area contributed by atoms with Crippen LogP contribution in [0.15, 0.2) is 12.1 Å². The van der Waals surface area contributed by atoms with E-state index in [4.69, 9.17) is 0 Å². The van der Waals surface area contributed by atoms with E-state index in [1.165, 1.54) is 9.75 Å². The van der Waals surface area contributed by atoms with Crippen molar-refractivity contribution in [2.45, 2.75) is 31.9 Å². The second-order valence-corrected chi connectivity index (χ2v) is 5.16. The molecule has 0 aliphatic rings. The van der Waals surface area contributed by atoms with Crippen LogP contribution in [0, 0.1) is 0 Å². The van der Waals surface area contributed by atoms with Crippen molar-refractivity contribution in [3.63, 3.8) is 0 Å². The molecule has 0 bridgehead atoms. The molecule has 0 saturated heterocycles. The average molecular weight is 186 g/mol. The first kappa shape index (κ1) is 9.14. The van der Waals surface area contributed by atoms with Gasteiger partial charge in [-0.05, 0) is 17.5 Å². The maximum atomic E-state index is 4.23. The molecule has 11 heavy (non-hydrogen) atoms. The predicted molar refractivity (Wildman–Crippen MR) is 55.7 cm³/mol. The molecule has 0 atom stereocenters. The van der Waals surface area contributed by atoms with Gasteiger partial charge in [0.2, 0.25) is 0 Å². The lowest BCUT2D eigenvalue weighted by Gasteiger charge is -2.15. The number of thiophene rings is 1. The number of rotatable bonds is 1. The molecule has 0 N–H and O–H groups in total. The minimum absolute atomic E-state index is 0.297. The SMILES string of the molecule is CC(C)(C)c1ccc(CS)s1. The van der Waals surface area contributed by atoms with Crippen LogP contribution in [0.3, 0.4) is 0 Å². The van der Waals surface area contributed by atoms with Crippen LogP contribution in [-0.4, -0.2) is 0 Å². The summed E-state index contributed by atoms with van der Waals surface area (Å²) in [5, 5.41) is 0. The Kier molecular flexibility index (Phi) is 2.66. The van der Waals surface area contributed by atoms with E-state index in [-0.39, 0.29) is 0 Å². The summed E-state index contributed by atoms with van der Waals surface area (Å²) >= 11 is 6.09. The zero-order valence-electron chi connectivity index (χ0n) is 7.22. The fourth-order valence-electron chi connectivity index (χ4n) is 0.866. The molecule has 0 aliphatic heterocycles. The standard InChI is InChI=1S/C9H14S2/c1-9(2,3)8-5-4-7(6-10)11-8/h4-5,10H,6H2,1-3H3. The van der Waals surface area contributed by atoms with Gasteiger partial charge in [-0.15, -0.1) is 11.3 Å². The first-order chi connectivity index (χ1) is 5.04. The molecule has 0 nitrogen and oxygen atoms in total. The fraction of sp³-hybridized carbons (Fsp3) is 0.556. The second-order valence-electron chi connectivity index (χ2n) is 3.67. The Morgan fingerprint density at radius 2 is 2.00 bits per heavy atom. The van der Waals surface area contributed by atoms with E-state index in [0.717, 1.165) is 5.75 Å². The number of hydrogen-bond donors (Lipinski definition) is 1. The van der Waals surface area contributed by atoms with Gasteiger partial charge in [0, 0.05) is 15.5 Å². The Hall–Kier alpha value is 0.0500. The lowest BCUT2D eigenvalue weighted by atomic mass is 9.95. The highest BCUT2D eigenvalue weighted by molar-refractivity contribution is 7.79. The van der Waals surface area contributed by atoms with Crippen LogP contribution >= 0.6 is 24.0 Å². The topological polar surface area (TPSA) is 0 Å². The summed E-state index contributed by atoms with van der Waals surface area (Å²) in [5.74, 6) is 0.862. The van der Waals surface area contributed by atoms with Gasteiger partial charge in [-0.25, -0.2) is 0 Å². The molecule has 0 saturated carbocycles. The largest absolute Gasteiger partial charge is 0.174 e. The summed E-state index contributed by atoms with van der Waals surface area (Å²) < 4.78 is 0. The molecule has 1 aromatic heterocycles. The monoisotopic (exact) mass is 186 g/mol. The van der Waals surface area contributed by atoms with Crippen LogP contribution in [-0.2, 0) is 11.2 Å². The van der Waals surface area contributed by atoms with Crippen molar-refractivity contribution in [2.24, 2.45) is 0 Å². The van der Waals surface area contributed by atoms with E-state index in [0.29, 0.717) is 5.41 Å². The predicted octanol–water partition coefficient (Wildman–Crippen LogP) is 3.48. The zero-order chi connectivity index (χ0) is 8.48. The van der Waals surface area contributed by atoms with Gasteiger partial charge in [0.25, 0.3) is 0 Å². The Morgan fingerprint density at radius 1 is 1.36 bits per heavy atom. The van der Waals surface area contributed by atoms with Crippen LogP contribution in [0.4, 0.5) is 0 Å². The molecule has 0 fully saturated rings. The summed E-state index contributed by atoms with van der Waals surface area (Å²) in [6, 6.07) is 4.37. The molecular formula is C9H14S2. The van der Waals surface area contributed by atoms with Gasteiger partial charge >= 0.3 is 0 Å². The summed E-state index contributed by atoms with van der Waals surface area (Å²) in [7, 11) is 0. The quantitative estimate of drug-likeness (QED) is 0.638. The van der Waals surface area contributed by atoms with Gasteiger partial charge in [-0.3, -0.25) is 0 Å². The summed E-state index contributed by atoms with van der Waals surface area (Å²) in [6.45, 7) is 6.71. The van der Waals surface area contributed by atoms with Gasteiger partial charge in [0.15, 0.2) is 0 Å². The lowest BCUT2D eigenvalue weighted by molar-refractivity contribution is 0.604. The van der Waals surface area contributed by atoms with Crippen LogP contribution in [0.5, 0.6) is 0 Å². The molecule has 0 radical (unpaired) electrons. The molecular weight excluding hydrogens is 172 g/mol. The van der Waals surface area contributed by atoms with Crippen LogP contribution in [0.25, 0.3) is 0 Å². The van der Waals surface area contributed by atoms with Crippen molar-refractivity contribution in [1.29, 1.82) is 0 Å². The molecule has 0 unspecified atom stereocenters. The fourth-order valence-corrected chi connectivity index (χ4v) is 2.09. The highest BCUT2D eigenvalue weighted by atomic mass is 32.1. The summed E-state index contributed by atoms with van der Waals surface area (Å²) in [4.78, 5) is 2.81. The Balaban J connectivity index is 2.89. The van der Waals surface area contributed by atoms with Crippen LogP contribution in [0.1, 0.15) is 30.5 Å². The van der Waals surface area contributed by atoms with E-state index in [1.54, 1.807) is 0 Å². The van der Waals surface area contributed by atoms with Crippen LogP contribution in [0.2, 0.25) is 0 Å². The van der Waals surface area contributed by atoms with E-state index >= 15 is 0 Å². The summed E-state index contributed by atoms with van der Waals surface area (Å²) in [5.41, 5.74) is 0.297. The van der Waals surface area contributed by atoms with Gasteiger partial charge in [0.05, 0.1) is 0 Å². The molecule has 0 aliphatic carbocycles. The molecule has 0 spiro atoms. The van der Waals surface area contributed by atoms with Crippen molar-refractivity contribution in [1.82, 2.24) is 0 Å². The summed E-state index contributed by atoms with van der Waals surface area (Å²) in [6.07, 6.45) is 0. The van der Waals surface area contributed by atoms with Crippen molar-refractivity contribution in [3.8, 4) is 0 Å². The third-order valence-corrected chi connectivity index (χ3v) is 3.62. The molecule has 1 aromatic rings. The highest BCUT2D eigenvalue weighted by Gasteiger charge is 2.15. The lowest BCUT2D eigenvalue weighted by Crippen LogP contribution is -2.07. The van der Waals surface area contributed by atoms with Crippen molar-refractivity contribution >= 4 is 24.0 Å².